The first kappa shape index (κ1) is 6.35. The SMILES string of the molecule is CC1(C)C2CC(O)C(=O)C21. The lowest BCUT2D eigenvalue weighted by Gasteiger charge is -2.09. The van der Waals surface area contributed by atoms with Gasteiger partial charge in [0.15, 0.2) is 5.78 Å². The van der Waals surface area contributed by atoms with Crippen molar-refractivity contribution in [1.82, 2.24) is 0 Å². The molecule has 3 atom stereocenters. The van der Waals surface area contributed by atoms with Gasteiger partial charge in [0.25, 0.3) is 0 Å². The van der Waals surface area contributed by atoms with Gasteiger partial charge in [-0.1, -0.05) is 13.8 Å². The lowest BCUT2D eigenvalue weighted by Crippen LogP contribution is -2.21. The fourth-order valence-corrected chi connectivity index (χ4v) is 2.31. The van der Waals surface area contributed by atoms with Crippen molar-refractivity contribution in [3.8, 4) is 0 Å². The quantitative estimate of drug-likeness (QED) is 0.534. The van der Waals surface area contributed by atoms with E-state index in [4.69, 9.17) is 5.11 Å². The number of Topliss-reactive ketones (excluding diaryl/α,β-unsaturated/α-hetero) is 1. The maximum atomic E-state index is 11.1. The normalized spacial score (nSPS) is 49.1. The van der Waals surface area contributed by atoms with Crippen molar-refractivity contribution in [1.29, 1.82) is 0 Å². The van der Waals surface area contributed by atoms with E-state index in [1.165, 1.54) is 0 Å². The number of rotatable bonds is 0. The molecular weight excluding hydrogens is 128 g/mol. The molecule has 1 N–H and O–H groups in total. The van der Waals surface area contributed by atoms with Gasteiger partial charge in [-0.3, -0.25) is 4.79 Å². The third-order valence-electron chi connectivity index (χ3n) is 3.16. The molecule has 2 saturated carbocycles. The Bertz CT molecular complexity index is 195. The Morgan fingerprint density at radius 2 is 2.20 bits per heavy atom. The zero-order valence-corrected chi connectivity index (χ0v) is 6.29. The molecule has 0 aliphatic heterocycles. The topological polar surface area (TPSA) is 37.3 Å². The number of carbonyl (C=O) groups excluding carboxylic acids is 1. The molecule has 0 radical (unpaired) electrons. The number of aliphatic hydroxyl groups is 1. The van der Waals surface area contributed by atoms with Gasteiger partial charge >= 0.3 is 0 Å². The Labute approximate surface area is 60.2 Å². The van der Waals surface area contributed by atoms with Crippen LogP contribution in [0, 0.1) is 17.3 Å². The number of aliphatic hydroxyl groups excluding tert-OH is 1. The van der Waals surface area contributed by atoms with E-state index in [1.54, 1.807) is 0 Å². The van der Waals surface area contributed by atoms with Crippen LogP contribution in [0.1, 0.15) is 20.3 Å². The summed E-state index contributed by atoms with van der Waals surface area (Å²) in [7, 11) is 0. The van der Waals surface area contributed by atoms with Crippen LogP contribution in [-0.4, -0.2) is 17.0 Å². The van der Waals surface area contributed by atoms with Gasteiger partial charge in [-0.2, -0.15) is 0 Å². The minimum atomic E-state index is -0.636. The molecule has 56 valence electrons. The highest BCUT2D eigenvalue weighted by Crippen LogP contribution is 2.64. The van der Waals surface area contributed by atoms with Crippen molar-refractivity contribution in [2.24, 2.45) is 17.3 Å². The van der Waals surface area contributed by atoms with E-state index < -0.39 is 6.10 Å². The second kappa shape index (κ2) is 1.45. The summed E-state index contributed by atoms with van der Waals surface area (Å²) in [5.74, 6) is 0.743. The van der Waals surface area contributed by atoms with Crippen LogP contribution in [-0.2, 0) is 4.79 Å². The van der Waals surface area contributed by atoms with Crippen molar-refractivity contribution >= 4 is 5.78 Å². The summed E-state index contributed by atoms with van der Waals surface area (Å²) < 4.78 is 0. The van der Waals surface area contributed by atoms with Crippen molar-refractivity contribution in [3.05, 3.63) is 0 Å². The minimum Gasteiger partial charge on any atom is -0.385 e. The first-order valence-corrected chi connectivity index (χ1v) is 3.77. The summed E-state index contributed by atoms with van der Waals surface area (Å²) in [5.41, 5.74) is 0.205. The number of fused-ring (bicyclic) bond motifs is 1. The maximum absolute atomic E-state index is 11.1. The average Bonchev–Trinajstić information content (AvgIpc) is 2.12. The van der Waals surface area contributed by atoms with E-state index in [9.17, 15) is 4.79 Å². The first-order valence-electron chi connectivity index (χ1n) is 3.77. The molecular formula is C8H12O2. The second-order valence-corrected chi connectivity index (χ2v) is 4.06. The molecule has 0 saturated heterocycles. The molecule has 2 heteroatoms. The predicted octanol–water partition coefficient (Wildman–Crippen LogP) is 0.592. The van der Waals surface area contributed by atoms with Crippen LogP contribution in [0.4, 0.5) is 0 Å². The summed E-state index contributed by atoms with van der Waals surface area (Å²) in [4.78, 5) is 11.1. The van der Waals surface area contributed by atoms with Gasteiger partial charge in [-0.05, 0) is 17.8 Å². The van der Waals surface area contributed by atoms with Gasteiger partial charge in [0.1, 0.15) is 6.10 Å². The van der Waals surface area contributed by atoms with Gasteiger partial charge < -0.3 is 5.11 Å². The molecule has 2 nitrogen and oxygen atoms in total. The van der Waals surface area contributed by atoms with Gasteiger partial charge in [0, 0.05) is 5.92 Å². The highest BCUT2D eigenvalue weighted by molar-refractivity contribution is 5.91. The zero-order valence-electron chi connectivity index (χ0n) is 6.29. The largest absolute Gasteiger partial charge is 0.385 e. The molecule has 10 heavy (non-hydrogen) atoms. The van der Waals surface area contributed by atoms with Crippen LogP contribution in [0.2, 0.25) is 0 Å². The number of hydrogen-bond donors (Lipinski definition) is 1. The number of hydrogen-bond acceptors (Lipinski definition) is 2. The van der Waals surface area contributed by atoms with Gasteiger partial charge in [0.2, 0.25) is 0 Å². The lowest BCUT2D eigenvalue weighted by atomic mass is 9.99. The Hall–Kier alpha value is -0.370. The minimum absolute atomic E-state index is 0.0787. The van der Waals surface area contributed by atoms with Crippen molar-refractivity contribution in [2.75, 3.05) is 0 Å². The Kier molecular flexibility index (Phi) is 0.919. The average molecular weight is 140 g/mol. The number of carbonyl (C=O) groups is 1. The first-order chi connectivity index (χ1) is 4.55. The fraction of sp³-hybridized carbons (Fsp3) is 0.875. The van der Waals surface area contributed by atoms with Gasteiger partial charge in [0.05, 0.1) is 0 Å². The van der Waals surface area contributed by atoms with E-state index in [1.807, 2.05) is 0 Å². The molecule has 0 amide bonds. The Morgan fingerprint density at radius 1 is 1.60 bits per heavy atom. The van der Waals surface area contributed by atoms with Crippen LogP contribution in [0.5, 0.6) is 0 Å². The molecule has 2 aliphatic carbocycles. The molecule has 0 bridgehead atoms. The molecule has 2 rings (SSSR count). The monoisotopic (exact) mass is 140 g/mol. The van der Waals surface area contributed by atoms with Crippen LogP contribution in [0.15, 0.2) is 0 Å². The zero-order chi connectivity index (χ0) is 7.52. The van der Waals surface area contributed by atoms with Crippen molar-refractivity contribution in [3.63, 3.8) is 0 Å². The highest BCUT2D eigenvalue weighted by Gasteiger charge is 2.67. The predicted molar refractivity (Wildman–Crippen MR) is 36.4 cm³/mol. The van der Waals surface area contributed by atoms with Gasteiger partial charge in [-0.25, -0.2) is 0 Å². The molecule has 0 heterocycles. The molecule has 2 fully saturated rings. The Balaban J connectivity index is 2.21. The molecule has 0 spiro atoms. The summed E-state index contributed by atoms with van der Waals surface area (Å²) in [5, 5.41) is 9.08. The summed E-state index contributed by atoms with van der Waals surface area (Å²) in [6.45, 7) is 4.21. The molecule has 2 aliphatic rings. The third-order valence-corrected chi connectivity index (χ3v) is 3.16. The van der Waals surface area contributed by atoms with Crippen molar-refractivity contribution in [2.45, 2.75) is 26.4 Å². The van der Waals surface area contributed by atoms with Crippen molar-refractivity contribution < 1.29 is 9.90 Å². The summed E-state index contributed by atoms with van der Waals surface area (Å²) in [6, 6.07) is 0. The standard InChI is InChI=1S/C8H12O2/c1-8(2)4-3-5(9)7(10)6(4)8/h4-6,9H,3H2,1-2H3. The van der Waals surface area contributed by atoms with E-state index in [-0.39, 0.29) is 17.1 Å². The van der Waals surface area contributed by atoms with Crippen LogP contribution >= 0.6 is 0 Å². The summed E-state index contributed by atoms with van der Waals surface area (Å²) in [6.07, 6.45) is 0.0688. The van der Waals surface area contributed by atoms with E-state index in [0.717, 1.165) is 0 Å². The maximum Gasteiger partial charge on any atom is 0.165 e. The van der Waals surface area contributed by atoms with E-state index in [0.29, 0.717) is 12.3 Å². The lowest BCUT2D eigenvalue weighted by molar-refractivity contribution is -0.127. The van der Waals surface area contributed by atoms with E-state index in [2.05, 4.69) is 13.8 Å². The van der Waals surface area contributed by atoms with Crippen LogP contribution in [0.25, 0.3) is 0 Å². The molecule has 0 aromatic rings. The highest BCUT2D eigenvalue weighted by atomic mass is 16.3. The summed E-state index contributed by atoms with van der Waals surface area (Å²) >= 11 is 0. The van der Waals surface area contributed by atoms with Gasteiger partial charge in [-0.15, -0.1) is 0 Å². The second-order valence-electron chi connectivity index (χ2n) is 4.06. The fourth-order valence-electron chi connectivity index (χ4n) is 2.31. The van der Waals surface area contributed by atoms with Crippen LogP contribution < -0.4 is 0 Å². The molecule has 0 aromatic carbocycles. The number of ketones is 1. The third kappa shape index (κ3) is 0.511. The molecule has 0 aromatic heterocycles. The molecule has 3 unspecified atom stereocenters. The van der Waals surface area contributed by atoms with Crippen LogP contribution in [0.3, 0.4) is 0 Å². The van der Waals surface area contributed by atoms with E-state index >= 15 is 0 Å². The Morgan fingerprint density at radius 3 is 2.50 bits per heavy atom. The smallest absolute Gasteiger partial charge is 0.165 e.